The number of hydrogen-bond donors (Lipinski definition) is 3. The maximum absolute atomic E-state index is 13.9. The van der Waals surface area contributed by atoms with Gasteiger partial charge in [0.2, 0.25) is 0 Å². The fourth-order valence-electron chi connectivity index (χ4n) is 8.70. The molecule has 12 nitrogen and oxygen atoms in total. The van der Waals surface area contributed by atoms with Gasteiger partial charge in [-0.15, -0.1) is 0 Å². The van der Waals surface area contributed by atoms with Gasteiger partial charge in [-0.3, -0.25) is 14.6 Å². The second-order valence-electron chi connectivity index (χ2n) is 16.1. The van der Waals surface area contributed by atoms with E-state index in [-0.39, 0.29) is 34.8 Å². The Morgan fingerprint density at radius 2 is 1.49 bits per heavy atom. The summed E-state index contributed by atoms with van der Waals surface area (Å²) in [5.74, 6) is 1.17. The molecule has 0 aliphatic carbocycles. The Bertz CT molecular complexity index is 2500. The minimum atomic E-state index is -0.878. The summed E-state index contributed by atoms with van der Waals surface area (Å²) in [4.78, 5) is 66.7. The summed E-state index contributed by atoms with van der Waals surface area (Å²) in [7, 11) is 2.60. The molecular formula is C48H50N6O6S. The second kappa shape index (κ2) is 18.2. The Labute approximate surface area is 359 Å². The van der Waals surface area contributed by atoms with Gasteiger partial charge >= 0.3 is 12.2 Å². The summed E-state index contributed by atoms with van der Waals surface area (Å²) in [6.45, 7) is 4.43. The number of ether oxygens (including phenoxy) is 2. The van der Waals surface area contributed by atoms with E-state index in [1.54, 1.807) is 16.7 Å². The topological polar surface area (TPSA) is 155 Å². The van der Waals surface area contributed by atoms with E-state index in [0.29, 0.717) is 24.4 Å². The number of ketones is 1. The monoisotopic (exact) mass is 838 g/mol. The zero-order valence-corrected chi connectivity index (χ0v) is 35.5. The molecule has 0 saturated carbocycles. The second-order valence-corrected chi connectivity index (χ2v) is 17.4. The molecular weight excluding hydrogens is 789 g/mol. The van der Waals surface area contributed by atoms with Crippen LogP contribution in [-0.2, 0) is 19.1 Å². The number of nitrogens with zero attached hydrogens (tertiary/aromatic N) is 3. The van der Waals surface area contributed by atoms with Crippen molar-refractivity contribution in [3.63, 3.8) is 0 Å². The van der Waals surface area contributed by atoms with Crippen molar-refractivity contribution in [3.8, 4) is 22.4 Å². The molecule has 3 amide bonds. The largest absolute Gasteiger partial charge is 0.453 e. The predicted octanol–water partition coefficient (Wildman–Crippen LogP) is 8.91. The summed E-state index contributed by atoms with van der Waals surface area (Å²) in [6, 6.07) is 28.8. The molecule has 13 heteroatoms. The lowest BCUT2D eigenvalue weighted by atomic mass is 9.85. The van der Waals surface area contributed by atoms with Gasteiger partial charge in [-0.2, -0.15) is 11.8 Å². The molecule has 0 radical (unpaired) electrons. The Morgan fingerprint density at radius 1 is 0.820 bits per heavy atom. The lowest BCUT2D eigenvalue weighted by molar-refractivity contribution is -0.134. The first-order chi connectivity index (χ1) is 29.6. The minimum Gasteiger partial charge on any atom is -0.453 e. The van der Waals surface area contributed by atoms with Crippen LogP contribution in [0.15, 0.2) is 108 Å². The highest BCUT2D eigenvalue weighted by Gasteiger charge is 2.42. The van der Waals surface area contributed by atoms with Crippen molar-refractivity contribution in [2.45, 2.75) is 62.9 Å². The van der Waals surface area contributed by atoms with Crippen molar-refractivity contribution in [1.29, 1.82) is 0 Å². The van der Waals surface area contributed by atoms with Crippen molar-refractivity contribution in [2.24, 2.45) is 16.8 Å². The lowest BCUT2D eigenvalue weighted by Crippen LogP contribution is -2.48. The summed E-state index contributed by atoms with van der Waals surface area (Å²) < 4.78 is 9.63. The van der Waals surface area contributed by atoms with E-state index in [1.165, 1.54) is 14.2 Å². The number of aromatic nitrogens is 2. The van der Waals surface area contributed by atoms with Gasteiger partial charge in [0.1, 0.15) is 11.9 Å². The number of likely N-dealkylation sites (tertiary alicyclic amines) is 1. The number of H-pyrrole nitrogens is 1. The van der Waals surface area contributed by atoms with Crippen molar-refractivity contribution in [2.75, 3.05) is 26.5 Å². The SMILES string of the molecule is COC(=O)N[C@H](C(=O)C1CCS[C@H]1C1=NC=C(c2ccc(-c3ccc4cc(-c5cnc([C@@H]6CCCN6C(=O)[C@H](NC(=O)OC)c6ccccc6)[nH]5)ccc4c3)cc2)C1)C(C)C. The first-order valence-electron chi connectivity index (χ1n) is 20.8. The zero-order valence-electron chi connectivity index (χ0n) is 34.7. The standard InChI is InChI=1S/C48H50N6O6S/c1-28(2)41(52-47(57)59-3)43(55)37-20-22-61-44(37)38-25-36(26-49-38)30-14-12-29(13-15-30)32-16-17-34-24-35(19-18-33(34)23-32)39-27-50-45(51-39)40-11-8-21-54(40)46(56)42(53-48(58)60-4)31-9-6-5-7-10-31/h5-7,9-10,12-19,23-24,26-28,37,40-42,44H,8,11,20-22,25H2,1-4H3,(H,50,51)(H,52,57)(H,53,58)/t37?,40-,41-,42+,44+/m0/s1. The number of alkyl carbamates (subject to hydrolysis) is 2. The average Bonchev–Trinajstić information content (AvgIpc) is 4.14. The van der Waals surface area contributed by atoms with Crippen molar-refractivity contribution >= 4 is 57.7 Å². The van der Waals surface area contributed by atoms with Crippen LogP contribution in [0.2, 0.25) is 0 Å². The third kappa shape index (κ3) is 8.83. The molecule has 1 unspecified atom stereocenters. The number of carbonyl (C=O) groups is 4. The zero-order chi connectivity index (χ0) is 42.6. The van der Waals surface area contributed by atoms with E-state index in [4.69, 9.17) is 19.5 Å². The molecule has 3 aliphatic rings. The molecule has 3 N–H and O–H groups in total. The molecule has 314 valence electrons. The van der Waals surface area contributed by atoms with Gasteiger partial charge in [-0.05, 0) is 81.7 Å². The van der Waals surface area contributed by atoms with Crippen molar-refractivity contribution in [3.05, 3.63) is 120 Å². The third-order valence-electron chi connectivity index (χ3n) is 12.0. The number of carbonyl (C=O) groups excluding carboxylic acids is 4. The van der Waals surface area contributed by atoms with Gasteiger partial charge in [0.25, 0.3) is 5.91 Å². The fourth-order valence-corrected chi connectivity index (χ4v) is 10.2. The Balaban J connectivity index is 0.918. The predicted molar refractivity (Wildman–Crippen MR) is 239 cm³/mol. The van der Waals surface area contributed by atoms with Gasteiger partial charge in [-0.1, -0.05) is 92.7 Å². The van der Waals surface area contributed by atoms with E-state index in [0.717, 1.165) is 75.0 Å². The number of aliphatic imine (C=N–C) groups is 1. The fraction of sp³-hybridized carbons (Fsp3) is 0.333. The molecule has 4 heterocycles. The highest BCUT2D eigenvalue weighted by molar-refractivity contribution is 8.00. The minimum absolute atomic E-state index is 0.0144. The number of thioether (sulfide) groups is 1. The number of rotatable bonds is 12. The van der Waals surface area contributed by atoms with Crippen LogP contribution in [0.1, 0.15) is 68.6 Å². The van der Waals surface area contributed by atoms with E-state index in [9.17, 15) is 19.2 Å². The first kappa shape index (κ1) is 41.5. The molecule has 4 aromatic carbocycles. The Hall–Kier alpha value is -6.21. The summed E-state index contributed by atoms with van der Waals surface area (Å²) in [5, 5.41) is 7.66. The number of fused-ring (bicyclic) bond motifs is 1. The molecule has 2 fully saturated rings. The number of amides is 3. The normalized spacial score (nSPS) is 19.6. The number of nitrogens with one attached hydrogen (secondary N) is 3. The summed E-state index contributed by atoms with van der Waals surface area (Å²) in [6.07, 6.45) is 5.53. The van der Waals surface area contributed by atoms with Crippen LogP contribution < -0.4 is 10.6 Å². The molecule has 5 atom stereocenters. The lowest BCUT2D eigenvalue weighted by Gasteiger charge is -2.28. The summed E-state index contributed by atoms with van der Waals surface area (Å²) in [5.41, 5.74) is 7.99. The molecule has 8 rings (SSSR count). The van der Waals surface area contributed by atoms with Crippen LogP contribution >= 0.6 is 11.8 Å². The average molecular weight is 839 g/mol. The van der Waals surface area contributed by atoms with Gasteiger partial charge in [0, 0.05) is 36.4 Å². The third-order valence-corrected chi connectivity index (χ3v) is 13.4. The highest BCUT2D eigenvalue weighted by atomic mass is 32.2. The van der Waals surface area contributed by atoms with Gasteiger partial charge in [0.15, 0.2) is 5.78 Å². The maximum atomic E-state index is 13.9. The quantitative estimate of drug-likeness (QED) is 0.113. The van der Waals surface area contributed by atoms with Gasteiger partial charge in [0.05, 0.1) is 43.4 Å². The number of methoxy groups -OCH3 is 2. The number of benzene rings is 4. The Kier molecular flexibility index (Phi) is 12.4. The highest BCUT2D eigenvalue weighted by Crippen LogP contribution is 2.40. The number of hydrogen-bond acceptors (Lipinski definition) is 9. The van der Waals surface area contributed by atoms with Crippen LogP contribution in [0.3, 0.4) is 0 Å². The molecule has 1 aromatic heterocycles. The molecule has 3 aliphatic heterocycles. The molecule has 0 spiro atoms. The number of imidazole rings is 1. The molecule has 0 bridgehead atoms. The van der Waals surface area contributed by atoms with Crippen LogP contribution in [0.4, 0.5) is 9.59 Å². The number of Topliss-reactive ketones (excluding diaryl/α,β-unsaturated/α-hetero) is 1. The number of aromatic amines is 1. The molecule has 61 heavy (non-hydrogen) atoms. The van der Waals surface area contributed by atoms with Gasteiger partial charge in [-0.25, -0.2) is 14.6 Å². The van der Waals surface area contributed by atoms with E-state index in [2.05, 4.69) is 76.3 Å². The summed E-state index contributed by atoms with van der Waals surface area (Å²) >= 11 is 1.78. The van der Waals surface area contributed by atoms with Crippen LogP contribution in [0.25, 0.3) is 38.7 Å². The van der Waals surface area contributed by atoms with Crippen molar-refractivity contribution in [1.82, 2.24) is 25.5 Å². The number of allylic oxidation sites excluding steroid dienone is 1. The smallest absolute Gasteiger partial charge is 0.407 e. The molecule has 2 saturated heterocycles. The van der Waals surface area contributed by atoms with Crippen LogP contribution in [0, 0.1) is 11.8 Å². The van der Waals surface area contributed by atoms with E-state index >= 15 is 0 Å². The maximum Gasteiger partial charge on any atom is 0.407 e. The van der Waals surface area contributed by atoms with Gasteiger partial charge < -0.3 is 30.0 Å². The molecule has 5 aromatic rings. The van der Waals surface area contributed by atoms with Crippen molar-refractivity contribution < 1.29 is 28.7 Å². The van der Waals surface area contributed by atoms with Crippen LogP contribution in [0.5, 0.6) is 0 Å². The first-order valence-corrected chi connectivity index (χ1v) is 21.8. The van der Waals surface area contributed by atoms with E-state index in [1.807, 2.05) is 56.6 Å². The van der Waals surface area contributed by atoms with E-state index < -0.39 is 24.3 Å². The van der Waals surface area contributed by atoms with Crippen LogP contribution in [-0.4, -0.2) is 82.3 Å². The Morgan fingerprint density at radius 3 is 2.21 bits per heavy atom.